The normalized spacial score (nSPS) is 11.1. The first-order valence-electron chi connectivity index (χ1n) is 10.1. The molecule has 0 aliphatic heterocycles. The minimum Gasteiger partial charge on any atom is -0.484 e. The van der Waals surface area contributed by atoms with E-state index in [4.69, 9.17) is 20.8 Å². The number of benzene rings is 3. The van der Waals surface area contributed by atoms with E-state index in [9.17, 15) is 4.79 Å². The molecule has 6 heteroatoms. The first-order valence-corrected chi connectivity index (χ1v) is 10.5. The Balaban J connectivity index is 1.50. The number of nitrogens with zero attached hydrogens (tertiary/aromatic N) is 1. The Morgan fingerprint density at radius 3 is 2.61 bits per heavy atom. The van der Waals surface area contributed by atoms with E-state index in [0.29, 0.717) is 28.3 Å². The maximum absolute atomic E-state index is 12.4. The highest BCUT2D eigenvalue weighted by molar-refractivity contribution is 6.30. The average Bonchev–Trinajstić information content (AvgIpc) is 3.18. The van der Waals surface area contributed by atoms with Crippen LogP contribution in [0.5, 0.6) is 5.75 Å². The minimum absolute atomic E-state index is 0.105. The largest absolute Gasteiger partial charge is 0.484 e. The molecule has 4 aromatic rings. The molecule has 0 saturated heterocycles. The fraction of sp³-hybridized carbons (Fsp3) is 0.200. The molecular formula is C25H23ClN2O3. The van der Waals surface area contributed by atoms with Gasteiger partial charge in [-0.15, -0.1) is 0 Å². The molecule has 0 unspecified atom stereocenters. The number of carbonyl (C=O) groups excluding carboxylic acids is 1. The van der Waals surface area contributed by atoms with Gasteiger partial charge in [0.05, 0.1) is 0 Å². The lowest BCUT2D eigenvalue weighted by atomic mass is 10.0. The quantitative estimate of drug-likeness (QED) is 0.371. The van der Waals surface area contributed by atoms with Crippen LogP contribution in [0.25, 0.3) is 22.6 Å². The van der Waals surface area contributed by atoms with Gasteiger partial charge in [0.25, 0.3) is 5.91 Å². The summed E-state index contributed by atoms with van der Waals surface area (Å²) in [4.78, 5) is 17.0. The number of carbonyl (C=O) groups is 1. The summed E-state index contributed by atoms with van der Waals surface area (Å²) in [5.74, 6) is 1.26. The topological polar surface area (TPSA) is 64.4 Å². The predicted octanol–water partition coefficient (Wildman–Crippen LogP) is 6.60. The zero-order valence-corrected chi connectivity index (χ0v) is 18.4. The molecule has 0 radical (unpaired) electrons. The number of hydrogen-bond donors (Lipinski definition) is 1. The van der Waals surface area contributed by atoms with E-state index < -0.39 is 0 Å². The van der Waals surface area contributed by atoms with Gasteiger partial charge in [-0.05, 0) is 72.5 Å². The summed E-state index contributed by atoms with van der Waals surface area (Å²) in [6.07, 6.45) is 0. The fourth-order valence-electron chi connectivity index (χ4n) is 3.18. The van der Waals surface area contributed by atoms with Gasteiger partial charge < -0.3 is 14.5 Å². The molecule has 4 rings (SSSR count). The molecule has 0 bridgehead atoms. The summed E-state index contributed by atoms with van der Waals surface area (Å²) in [6.45, 7) is 6.12. The summed E-state index contributed by atoms with van der Waals surface area (Å²) in [5.41, 5.74) is 5.19. The van der Waals surface area contributed by atoms with Crippen LogP contribution in [-0.2, 0) is 4.79 Å². The van der Waals surface area contributed by atoms with Gasteiger partial charge in [-0.2, -0.15) is 0 Å². The first-order chi connectivity index (χ1) is 14.9. The molecule has 1 aromatic heterocycles. The van der Waals surface area contributed by atoms with Crippen molar-refractivity contribution in [2.75, 3.05) is 11.9 Å². The number of aromatic nitrogens is 1. The summed E-state index contributed by atoms with van der Waals surface area (Å²) < 4.78 is 11.5. The molecule has 1 amide bonds. The van der Waals surface area contributed by atoms with Crippen molar-refractivity contribution in [1.29, 1.82) is 0 Å². The third kappa shape index (κ3) is 4.89. The molecule has 1 heterocycles. The Kier molecular flexibility index (Phi) is 5.96. The van der Waals surface area contributed by atoms with Crippen LogP contribution < -0.4 is 10.1 Å². The lowest BCUT2D eigenvalue weighted by molar-refractivity contribution is -0.118. The van der Waals surface area contributed by atoms with Crippen molar-refractivity contribution in [3.05, 3.63) is 76.8 Å². The number of anilines is 1. The smallest absolute Gasteiger partial charge is 0.262 e. The molecule has 0 spiro atoms. The Bertz CT molecular complexity index is 1230. The lowest BCUT2D eigenvalue weighted by Gasteiger charge is -2.10. The standard InChI is InChI=1S/C25H23ClN2O3/c1-15(2)17-6-11-23-22(12-17)28-25(31-23)18-5-4-16(3)21(13-18)27-24(29)14-30-20-9-7-19(26)8-10-20/h4-13,15H,14H2,1-3H3,(H,27,29). The van der Waals surface area contributed by atoms with Crippen LogP contribution >= 0.6 is 11.6 Å². The second-order valence-corrected chi connectivity index (χ2v) is 8.16. The van der Waals surface area contributed by atoms with E-state index >= 15 is 0 Å². The maximum Gasteiger partial charge on any atom is 0.262 e. The number of fused-ring (bicyclic) bond motifs is 1. The summed E-state index contributed by atoms with van der Waals surface area (Å²) in [6, 6.07) is 18.7. The van der Waals surface area contributed by atoms with Crippen LogP contribution in [0.3, 0.4) is 0 Å². The van der Waals surface area contributed by atoms with Crippen LogP contribution in [0.1, 0.15) is 30.9 Å². The second-order valence-electron chi connectivity index (χ2n) is 7.72. The molecule has 0 fully saturated rings. The molecule has 0 aliphatic rings. The number of amides is 1. The van der Waals surface area contributed by atoms with E-state index in [2.05, 4.69) is 36.3 Å². The van der Waals surface area contributed by atoms with Crippen molar-refractivity contribution in [3.63, 3.8) is 0 Å². The van der Waals surface area contributed by atoms with E-state index in [1.54, 1.807) is 24.3 Å². The number of hydrogen-bond acceptors (Lipinski definition) is 4. The molecule has 0 aliphatic carbocycles. The summed E-state index contributed by atoms with van der Waals surface area (Å²) in [7, 11) is 0. The van der Waals surface area contributed by atoms with E-state index in [-0.39, 0.29) is 12.5 Å². The van der Waals surface area contributed by atoms with Crippen molar-refractivity contribution in [2.24, 2.45) is 0 Å². The molecule has 0 atom stereocenters. The maximum atomic E-state index is 12.4. The fourth-order valence-corrected chi connectivity index (χ4v) is 3.31. The van der Waals surface area contributed by atoms with Gasteiger partial charge in [-0.25, -0.2) is 4.98 Å². The van der Waals surface area contributed by atoms with Crippen molar-refractivity contribution in [2.45, 2.75) is 26.7 Å². The van der Waals surface area contributed by atoms with Gasteiger partial charge in [0, 0.05) is 16.3 Å². The third-order valence-corrected chi connectivity index (χ3v) is 5.27. The number of rotatable bonds is 6. The van der Waals surface area contributed by atoms with E-state index in [1.165, 1.54) is 5.56 Å². The number of oxazole rings is 1. The van der Waals surface area contributed by atoms with Crippen molar-refractivity contribution in [1.82, 2.24) is 4.98 Å². The van der Waals surface area contributed by atoms with Crippen LogP contribution in [0.15, 0.2) is 65.1 Å². The lowest BCUT2D eigenvalue weighted by Crippen LogP contribution is -2.20. The van der Waals surface area contributed by atoms with Crippen LogP contribution in [0.2, 0.25) is 5.02 Å². The minimum atomic E-state index is -0.255. The average molecular weight is 435 g/mol. The zero-order chi connectivity index (χ0) is 22.0. The van der Waals surface area contributed by atoms with Crippen LogP contribution in [0.4, 0.5) is 5.69 Å². The number of ether oxygens (including phenoxy) is 1. The van der Waals surface area contributed by atoms with Gasteiger partial charge in [-0.3, -0.25) is 4.79 Å². The summed E-state index contributed by atoms with van der Waals surface area (Å²) >= 11 is 5.86. The Morgan fingerprint density at radius 1 is 1.10 bits per heavy atom. The predicted molar refractivity (Wildman–Crippen MR) is 124 cm³/mol. The highest BCUT2D eigenvalue weighted by atomic mass is 35.5. The van der Waals surface area contributed by atoms with Gasteiger partial charge in [0.1, 0.15) is 11.3 Å². The first kappa shape index (κ1) is 20.9. The third-order valence-electron chi connectivity index (χ3n) is 5.02. The zero-order valence-electron chi connectivity index (χ0n) is 17.6. The molecule has 158 valence electrons. The van der Waals surface area contributed by atoms with Crippen LogP contribution in [-0.4, -0.2) is 17.5 Å². The van der Waals surface area contributed by atoms with Crippen molar-refractivity contribution in [3.8, 4) is 17.2 Å². The number of aryl methyl sites for hydroxylation is 1. The second kappa shape index (κ2) is 8.82. The summed E-state index contributed by atoms with van der Waals surface area (Å²) in [5, 5.41) is 3.52. The monoisotopic (exact) mass is 434 g/mol. The molecule has 3 aromatic carbocycles. The van der Waals surface area contributed by atoms with Gasteiger partial charge in [0.15, 0.2) is 12.2 Å². The van der Waals surface area contributed by atoms with Crippen molar-refractivity contribution < 1.29 is 13.9 Å². The molecule has 0 saturated carbocycles. The van der Waals surface area contributed by atoms with E-state index in [0.717, 1.165) is 22.2 Å². The Labute approximate surface area is 186 Å². The number of nitrogens with one attached hydrogen (secondary N) is 1. The molecular weight excluding hydrogens is 412 g/mol. The highest BCUT2D eigenvalue weighted by Gasteiger charge is 2.13. The van der Waals surface area contributed by atoms with Crippen LogP contribution in [0, 0.1) is 6.92 Å². The highest BCUT2D eigenvalue weighted by Crippen LogP contribution is 2.29. The SMILES string of the molecule is Cc1ccc(-c2nc3cc(C(C)C)ccc3o2)cc1NC(=O)COc1ccc(Cl)cc1. The Morgan fingerprint density at radius 2 is 1.87 bits per heavy atom. The van der Waals surface area contributed by atoms with Gasteiger partial charge in [0.2, 0.25) is 5.89 Å². The van der Waals surface area contributed by atoms with Gasteiger partial charge >= 0.3 is 0 Å². The van der Waals surface area contributed by atoms with Crippen molar-refractivity contribution >= 4 is 34.3 Å². The Hall–Kier alpha value is -3.31. The van der Waals surface area contributed by atoms with Gasteiger partial charge in [-0.1, -0.05) is 37.6 Å². The number of halogens is 1. The molecule has 5 nitrogen and oxygen atoms in total. The van der Waals surface area contributed by atoms with E-state index in [1.807, 2.05) is 31.2 Å². The molecule has 1 N–H and O–H groups in total. The molecule has 31 heavy (non-hydrogen) atoms.